The van der Waals surface area contributed by atoms with Crippen LogP contribution in [0, 0.1) is 0 Å². The molecule has 2 aromatic rings. The Bertz CT molecular complexity index is 732. The molecule has 126 valence electrons. The maximum atomic E-state index is 12.2. The van der Waals surface area contributed by atoms with Crippen LogP contribution in [0.25, 0.3) is 0 Å². The van der Waals surface area contributed by atoms with Crippen molar-refractivity contribution >= 4 is 35.0 Å². The molecular weight excluding hydrogens is 330 g/mol. The lowest BCUT2D eigenvalue weighted by molar-refractivity contribution is -0.123. The first-order chi connectivity index (χ1) is 11.4. The second-order valence-electron chi connectivity index (χ2n) is 5.34. The molecular formula is C17H18ClN3O3. The van der Waals surface area contributed by atoms with Gasteiger partial charge in [0.1, 0.15) is 5.82 Å². The Morgan fingerprint density at radius 1 is 1.25 bits per heavy atom. The molecule has 1 N–H and O–H groups in total. The van der Waals surface area contributed by atoms with Crippen molar-refractivity contribution in [3.8, 4) is 0 Å². The largest absolute Gasteiger partial charge is 0.449 e. The van der Waals surface area contributed by atoms with Gasteiger partial charge in [0.05, 0.1) is 10.6 Å². The number of hydrogen-bond acceptors (Lipinski definition) is 5. The highest BCUT2D eigenvalue weighted by Crippen LogP contribution is 2.15. The van der Waals surface area contributed by atoms with Crippen LogP contribution in [0.2, 0.25) is 5.02 Å². The van der Waals surface area contributed by atoms with E-state index in [0.29, 0.717) is 16.4 Å². The number of carbonyl (C=O) groups excluding carboxylic acids is 2. The van der Waals surface area contributed by atoms with Gasteiger partial charge in [-0.2, -0.15) is 0 Å². The summed E-state index contributed by atoms with van der Waals surface area (Å²) >= 11 is 5.73. The Labute approximate surface area is 145 Å². The van der Waals surface area contributed by atoms with E-state index in [-0.39, 0.29) is 0 Å². The van der Waals surface area contributed by atoms with Crippen molar-refractivity contribution in [2.45, 2.75) is 13.0 Å². The second-order valence-corrected chi connectivity index (χ2v) is 5.78. The van der Waals surface area contributed by atoms with Gasteiger partial charge in [0, 0.05) is 26.0 Å². The van der Waals surface area contributed by atoms with Gasteiger partial charge >= 0.3 is 5.97 Å². The molecule has 2 rings (SSSR count). The van der Waals surface area contributed by atoms with E-state index in [9.17, 15) is 9.59 Å². The zero-order valence-electron chi connectivity index (χ0n) is 13.6. The highest BCUT2D eigenvalue weighted by Gasteiger charge is 2.19. The van der Waals surface area contributed by atoms with Gasteiger partial charge in [-0.05, 0) is 37.3 Å². The van der Waals surface area contributed by atoms with Gasteiger partial charge in [-0.3, -0.25) is 4.79 Å². The van der Waals surface area contributed by atoms with E-state index in [1.54, 1.807) is 30.3 Å². The van der Waals surface area contributed by atoms with Crippen LogP contribution in [-0.4, -0.2) is 37.1 Å². The van der Waals surface area contributed by atoms with Crippen molar-refractivity contribution in [3.63, 3.8) is 0 Å². The predicted molar refractivity (Wildman–Crippen MR) is 93.5 cm³/mol. The summed E-state index contributed by atoms with van der Waals surface area (Å²) in [5.41, 5.74) is 1.25. The molecule has 1 atom stereocenters. The van der Waals surface area contributed by atoms with E-state index in [1.165, 1.54) is 13.1 Å². The number of anilines is 2. The summed E-state index contributed by atoms with van der Waals surface area (Å²) < 4.78 is 5.21. The molecule has 1 aromatic heterocycles. The molecule has 0 spiro atoms. The van der Waals surface area contributed by atoms with E-state index < -0.39 is 18.0 Å². The minimum atomic E-state index is -0.960. The van der Waals surface area contributed by atoms with Crippen LogP contribution in [0.4, 0.5) is 11.5 Å². The Morgan fingerprint density at radius 2 is 2.00 bits per heavy atom. The molecule has 0 bridgehead atoms. The summed E-state index contributed by atoms with van der Waals surface area (Å²) in [5.74, 6) is -0.700. The number of esters is 1. The van der Waals surface area contributed by atoms with Crippen molar-refractivity contribution in [1.82, 2.24) is 4.98 Å². The minimum Gasteiger partial charge on any atom is -0.449 e. The van der Waals surface area contributed by atoms with Crippen LogP contribution in [0.5, 0.6) is 0 Å². The van der Waals surface area contributed by atoms with E-state index in [1.807, 2.05) is 25.1 Å². The number of amides is 1. The summed E-state index contributed by atoms with van der Waals surface area (Å²) in [4.78, 5) is 30.1. The predicted octanol–water partition coefficient (Wildman–Crippen LogP) is 2.99. The molecule has 1 heterocycles. The standard InChI is InChI=1S/C17H18ClN3O3/c1-11(16(22)20-15-8-7-13(18)10-19-15)24-17(23)12-5-4-6-14(9-12)21(2)3/h4-11H,1-3H3,(H,19,20,22)/t11-/m1/s1. The molecule has 0 fully saturated rings. The lowest BCUT2D eigenvalue weighted by atomic mass is 10.2. The third-order valence-corrected chi connectivity index (χ3v) is 3.45. The topological polar surface area (TPSA) is 71.5 Å². The maximum absolute atomic E-state index is 12.2. The number of carbonyl (C=O) groups is 2. The quantitative estimate of drug-likeness (QED) is 0.842. The summed E-state index contributed by atoms with van der Waals surface area (Å²) in [7, 11) is 3.75. The van der Waals surface area contributed by atoms with Crippen LogP contribution in [-0.2, 0) is 9.53 Å². The summed E-state index contributed by atoms with van der Waals surface area (Å²) in [6, 6.07) is 10.1. The molecule has 0 aliphatic heterocycles. The highest BCUT2D eigenvalue weighted by atomic mass is 35.5. The highest BCUT2D eigenvalue weighted by molar-refractivity contribution is 6.30. The number of pyridine rings is 1. The summed E-state index contributed by atoms with van der Waals surface area (Å²) in [6.45, 7) is 1.50. The molecule has 0 radical (unpaired) electrons. The summed E-state index contributed by atoms with van der Waals surface area (Å²) in [5, 5.41) is 3.03. The van der Waals surface area contributed by atoms with Crippen LogP contribution in [0.1, 0.15) is 17.3 Å². The van der Waals surface area contributed by atoms with Gasteiger partial charge in [-0.15, -0.1) is 0 Å². The molecule has 1 amide bonds. The van der Waals surface area contributed by atoms with Gasteiger partial charge in [-0.1, -0.05) is 17.7 Å². The number of hydrogen-bond donors (Lipinski definition) is 1. The first-order valence-corrected chi connectivity index (χ1v) is 7.65. The molecule has 24 heavy (non-hydrogen) atoms. The molecule has 0 aliphatic carbocycles. The van der Waals surface area contributed by atoms with Gasteiger partial charge in [0.2, 0.25) is 0 Å². The Morgan fingerprint density at radius 3 is 2.62 bits per heavy atom. The lowest BCUT2D eigenvalue weighted by Gasteiger charge is -2.15. The fraction of sp³-hybridized carbons (Fsp3) is 0.235. The van der Waals surface area contributed by atoms with Crippen molar-refractivity contribution < 1.29 is 14.3 Å². The SMILES string of the molecule is C[C@@H](OC(=O)c1cccc(N(C)C)c1)C(=O)Nc1ccc(Cl)cn1. The Hall–Kier alpha value is -2.60. The number of benzene rings is 1. The smallest absolute Gasteiger partial charge is 0.338 e. The molecule has 6 nitrogen and oxygen atoms in total. The van der Waals surface area contributed by atoms with Crippen LogP contribution >= 0.6 is 11.6 Å². The number of rotatable bonds is 5. The molecule has 1 aromatic carbocycles. The van der Waals surface area contributed by atoms with Crippen LogP contribution in [0.15, 0.2) is 42.6 Å². The Kier molecular flexibility index (Phi) is 5.76. The first kappa shape index (κ1) is 17.7. The van der Waals surface area contributed by atoms with Crippen LogP contribution in [0.3, 0.4) is 0 Å². The number of halogens is 1. The molecule has 7 heteroatoms. The normalized spacial score (nSPS) is 11.5. The Balaban J connectivity index is 1.99. The summed E-state index contributed by atoms with van der Waals surface area (Å²) in [6.07, 6.45) is 0.457. The van der Waals surface area contributed by atoms with Gasteiger partial charge in [-0.25, -0.2) is 9.78 Å². The van der Waals surface area contributed by atoms with E-state index in [2.05, 4.69) is 10.3 Å². The zero-order valence-corrected chi connectivity index (χ0v) is 14.4. The molecule has 0 saturated heterocycles. The maximum Gasteiger partial charge on any atom is 0.338 e. The van der Waals surface area contributed by atoms with E-state index in [0.717, 1.165) is 5.69 Å². The van der Waals surface area contributed by atoms with Crippen molar-refractivity contribution in [2.75, 3.05) is 24.3 Å². The third kappa shape index (κ3) is 4.70. The fourth-order valence-corrected chi connectivity index (χ4v) is 1.98. The van der Waals surface area contributed by atoms with E-state index >= 15 is 0 Å². The number of ether oxygens (including phenoxy) is 1. The van der Waals surface area contributed by atoms with Crippen molar-refractivity contribution in [1.29, 1.82) is 0 Å². The van der Waals surface area contributed by atoms with Gasteiger partial charge in [0.15, 0.2) is 6.10 Å². The minimum absolute atomic E-state index is 0.335. The number of nitrogens with zero attached hydrogens (tertiary/aromatic N) is 2. The van der Waals surface area contributed by atoms with Gasteiger partial charge in [0.25, 0.3) is 5.91 Å². The van der Waals surface area contributed by atoms with Crippen LogP contribution < -0.4 is 10.2 Å². The van der Waals surface area contributed by atoms with Crippen molar-refractivity contribution in [2.24, 2.45) is 0 Å². The van der Waals surface area contributed by atoms with Gasteiger partial charge < -0.3 is 15.0 Å². The first-order valence-electron chi connectivity index (χ1n) is 7.27. The monoisotopic (exact) mass is 347 g/mol. The number of aromatic nitrogens is 1. The molecule has 0 saturated carbocycles. The lowest BCUT2D eigenvalue weighted by Crippen LogP contribution is -2.30. The van der Waals surface area contributed by atoms with Crippen molar-refractivity contribution in [3.05, 3.63) is 53.2 Å². The third-order valence-electron chi connectivity index (χ3n) is 3.23. The number of nitrogens with one attached hydrogen (secondary N) is 1. The average molecular weight is 348 g/mol. The average Bonchev–Trinajstić information content (AvgIpc) is 2.56. The van der Waals surface area contributed by atoms with E-state index in [4.69, 9.17) is 16.3 Å². The fourth-order valence-electron chi connectivity index (χ4n) is 1.87. The molecule has 0 unspecified atom stereocenters. The second kappa shape index (κ2) is 7.79. The zero-order chi connectivity index (χ0) is 17.7. The molecule has 0 aliphatic rings.